The normalized spacial score (nSPS) is 29.7. The minimum absolute atomic E-state index is 0.0931. The van der Waals surface area contributed by atoms with Gasteiger partial charge in [0.15, 0.2) is 6.61 Å². The number of pyridine rings is 1. The minimum Gasteiger partial charge on any atom is -0.466 e. The van der Waals surface area contributed by atoms with Crippen molar-refractivity contribution in [1.29, 1.82) is 0 Å². The molecule has 2 heterocycles. The van der Waals surface area contributed by atoms with E-state index in [0.29, 0.717) is 5.92 Å². The van der Waals surface area contributed by atoms with Crippen molar-refractivity contribution in [2.24, 2.45) is 29.6 Å². The number of benzene rings is 1. The summed E-state index contributed by atoms with van der Waals surface area (Å²) in [7, 11) is 1.24. The Morgan fingerprint density at radius 3 is 2.77 bits per heavy atom. The molecule has 5 rings (SSSR count). The lowest BCUT2D eigenvalue weighted by molar-refractivity contribution is -0.145. The number of nitrogens with one attached hydrogen (secondary N) is 1. The number of fused-ring (bicyclic) bond motifs is 2. The van der Waals surface area contributed by atoms with E-state index in [2.05, 4.69) is 21.1 Å². The van der Waals surface area contributed by atoms with E-state index in [-0.39, 0.29) is 47.6 Å². The number of allylic oxidation sites excluding steroid dienone is 1. The van der Waals surface area contributed by atoms with E-state index in [1.54, 1.807) is 12.3 Å². The van der Waals surface area contributed by atoms with Crippen molar-refractivity contribution in [3.05, 3.63) is 60.2 Å². The van der Waals surface area contributed by atoms with E-state index >= 15 is 0 Å². The fraction of sp³-hybridized carbons (Fsp3) is 0.467. The van der Waals surface area contributed by atoms with Gasteiger partial charge in [-0.05, 0) is 80.2 Å². The Hall–Kier alpha value is -3.75. The third-order valence-electron chi connectivity index (χ3n) is 8.45. The fourth-order valence-corrected chi connectivity index (χ4v) is 6.69. The highest BCUT2D eigenvalue weighted by Crippen LogP contribution is 2.53. The molecule has 7 atom stereocenters. The first kappa shape index (κ1) is 26.8. The lowest BCUT2D eigenvalue weighted by Gasteiger charge is -2.47. The number of alkyl carbamates (subject to hydrolysis) is 1. The maximum absolute atomic E-state index is 13.6. The standard InChI is InChI=1S/C30H33FN2O6/c1-17-28-25(11-8-22-7-6-19(15-32-22)18-4-3-5-21(31)12-18)24-10-9-23(33-30(36)38-16-27(34)37-2)13-20(24)14-26(28)29(35)39-17/h3-8,11-12,15,17,20,23-26,28H,9-10,13-14,16H2,1-2H3,(H,33,36)/b11-8+/t17-,20+,23-,24-,25+,26-,28+/m1/s1. The molecule has 0 unspecified atom stereocenters. The zero-order chi connectivity index (χ0) is 27.5. The molecule has 3 fully saturated rings. The molecular formula is C30H33FN2O6. The predicted molar refractivity (Wildman–Crippen MR) is 140 cm³/mol. The molecule has 2 saturated carbocycles. The first-order chi connectivity index (χ1) is 18.8. The number of ether oxygens (including phenoxy) is 3. The smallest absolute Gasteiger partial charge is 0.407 e. The van der Waals surface area contributed by atoms with Gasteiger partial charge < -0.3 is 19.5 Å². The highest BCUT2D eigenvalue weighted by atomic mass is 19.1. The summed E-state index contributed by atoms with van der Waals surface area (Å²) >= 11 is 0. The number of carbonyl (C=O) groups is 3. The second-order valence-corrected chi connectivity index (χ2v) is 10.7. The summed E-state index contributed by atoms with van der Waals surface area (Å²) in [4.78, 5) is 40.7. The summed E-state index contributed by atoms with van der Waals surface area (Å²) in [6.45, 7) is 1.54. The average molecular weight is 537 g/mol. The van der Waals surface area contributed by atoms with Crippen LogP contribution in [-0.2, 0) is 23.8 Å². The van der Waals surface area contributed by atoms with Crippen LogP contribution in [-0.4, -0.2) is 48.9 Å². The monoisotopic (exact) mass is 536 g/mol. The van der Waals surface area contributed by atoms with Crippen molar-refractivity contribution in [1.82, 2.24) is 10.3 Å². The molecule has 8 nitrogen and oxygen atoms in total. The van der Waals surface area contributed by atoms with E-state index in [4.69, 9.17) is 9.47 Å². The second kappa shape index (κ2) is 11.6. The zero-order valence-corrected chi connectivity index (χ0v) is 22.0. The van der Waals surface area contributed by atoms with Crippen LogP contribution in [0.4, 0.5) is 9.18 Å². The van der Waals surface area contributed by atoms with Gasteiger partial charge in [-0.3, -0.25) is 9.78 Å². The van der Waals surface area contributed by atoms with Crippen molar-refractivity contribution < 1.29 is 33.0 Å². The molecule has 0 radical (unpaired) electrons. The fourth-order valence-electron chi connectivity index (χ4n) is 6.69. The quantitative estimate of drug-likeness (QED) is 0.419. The van der Waals surface area contributed by atoms with Crippen molar-refractivity contribution in [3.8, 4) is 11.1 Å². The van der Waals surface area contributed by atoms with Gasteiger partial charge in [-0.2, -0.15) is 0 Å². The van der Waals surface area contributed by atoms with Crippen LogP contribution in [0.3, 0.4) is 0 Å². The SMILES string of the molecule is COC(=O)COC(=O)N[C@@H]1CC[C@@H]2[C@@H](C1)C[C@H]1C(=O)O[C@H](C)[C@H]1[C@H]2/C=C/c1ccc(-c2cccc(F)c2)cn1. The molecule has 3 aliphatic rings. The average Bonchev–Trinajstić information content (AvgIpc) is 3.22. The third-order valence-corrected chi connectivity index (χ3v) is 8.45. The van der Waals surface area contributed by atoms with Crippen LogP contribution < -0.4 is 5.32 Å². The van der Waals surface area contributed by atoms with Gasteiger partial charge in [0.25, 0.3) is 0 Å². The van der Waals surface area contributed by atoms with Gasteiger partial charge >= 0.3 is 18.0 Å². The van der Waals surface area contributed by atoms with Crippen LogP contribution in [0.5, 0.6) is 0 Å². The van der Waals surface area contributed by atoms with E-state index in [0.717, 1.165) is 42.5 Å². The van der Waals surface area contributed by atoms with Gasteiger partial charge in [-0.1, -0.05) is 24.3 Å². The number of amides is 1. The van der Waals surface area contributed by atoms with E-state index in [1.807, 2.05) is 31.2 Å². The number of rotatable bonds is 6. The summed E-state index contributed by atoms with van der Waals surface area (Å²) in [6.07, 6.45) is 8.24. The molecule has 0 bridgehead atoms. The molecule has 1 N–H and O–H groups in total. The molecule has 39 heavy (non-hydrogen) atoms. The second-order valence-electron chi connectivity index (χ2n) is 10.7. The van der Waals surface area contributed by atoms with Gasteiger partial charge in [-0.15, -0.1) is 0 Å². The summed E-state index contributed by atoms with van der Waals surface area (Å²) < 4.78 is 28.7. The molecule has 2 aliphatic carbocycles. The van der Waals surface area contributed by atoms with Crippen molar-refractivity contribution >= 4 is 24.1 Å². The molecule has 9 heteroatoms. The molecule has 2 aromatic rings. The summed E-state index contributed by atoms with van der Waals surface area (Å²) in [5, 5.41) is 2.87. The number of methoxy groups -OCH3 is 1. The van der Waals surface area contributed by atoms with E-state index < -0.39 is 18.7 Å². The number of hydrogen-bond acceptors (Lipinski definition) is 7. The first-order valence-electron chi connectivity index (χ1n) is 13.4. The van der Waals surface area contributed by atoms with Gasteiger partial charge in [-0.25, -0.2) is 14.0 Å². The summed E-state index contributed by atoms with van der Waals surface area (Å²) in [6, 6.07) is 10.2. The van der Waals surface area contributed by atoms with Gasteiger partial charge in [0.2, 0.25) is 0 Å². The van der Waals surface area contributed by atoms with Crippen molar-refractivity contribution in [2.45, 2.75) is 44.8 Å². The third kappa shape index (κ3) is 5.97. The Bertz CT molecular complexity index is 1250. The largest absolute Gasteiger partial charge is 0.466 e. The minimum atomic E-state index is -0.643. The van der Waals surface area contributed by atoms with Crippen LogP contribution in [0, 0.1) is 35.4 Å². The molecule has 206 valence electrons. The van der Waals surface area contributed by atoms with Gasteiger partial charge in [0, 0.05) is 23.7 Å². The van der Waals surface area contributed by atoms with E-state index in [1.165, 1.54) is 19.2 Å². The van der Waals surface area contributed by atoms with Crippen molar-refractivity contribution in [2.75, 3.05) is 13.7 Å². The topological polar surface area (TPSA) is 104 Å². The predicted octanol–water partition coefficient (Wildman–Crippen LogP) is 4.78. The zero-order valence-electron chi connectivity index (χ0n) is 22.0. The Kier molecular flexibility index (Phi) is 7.95. The molecular weight excluding hydrogens is 503 g/mol. The van der Waals surface area contributed by atoms with Gasteiger partial charge in [0.1, 0.15) is 11.9 Å². The number of hydrogen-bond donors (Lipinski definition) is 1. The maximum Gasteiger partial charge on any atom is 0.407 e. The number of halogens is 1. The lowest BCUT2D eigenvalue weighted by atomic mass is 9.57. The summed E-state index contributed by atoms with van der Waals surface area (Å²) in [5.74, 6) is -0.420. The van der Waals surface area contributed by atoms with Crippen molar-refractivity contribution in [3.63, 3.8) is 0 Å². The summed E-state index contributed by atoms with van der Waals surface area (Å²) in [5.41, 5.74) is 2.39. The Morgan fingerprint density at radius 1 is 1.18 bits per heavy atom. The molecule has 0 spiro atoms. The number of carbonyl (C=O) groups excluding carboxylic acids is 3. The van der Waals surface area contributed by atoms with E-state index in [9.17, 15) is 18.8 Å². The van der Waals surface area contributed by atoms with Crippen LogP contribution in [0.2, 0.25) is 0 Å². The first-order valence-corrected chi connectivity index (χ1v) is 13.4. The van der Waals surface area contributed by atoms with Crippen LogP contribution in [0.25, 0.3) is 17.2 Å². The Labute approximate surface area is 226 Å². The number of nitrogens with zero attached hydrogens (tertiary/aromatic N) is 1. The Morgan fingerprint density at radius 2 is 2.03 bits per heavy atom. The van der Waals surface area contributed by atoms with Gasteiger partial charge in [0.05, 0.1) is 18.7 Å². The molecule has 1 aromatic carbocycles. The lowest BCUT2D eigenvalue weighted by Crippen LogP contribution is -2.48. The van der Waals surface area contributed by atoms with Crippen LogP contribution >= 0.6 is 0 Å². The maximum atomic E-state index is 13.6. The Balaban J connectivity index is 1.29. The molecule has 1 aliphatic heterocycles. The van der Waals surface area contributed by atoms with Crippen LogP contribution in [0.15, 0.2) is 48.7 Å². The molecule has 1 amide bonds. The highest BCUT2D eigenvalue weighted by molar-refractivity contribution is 5.76. The number of aromatic nitrogens is 1. The molecule has 1 aromatic heterocycles. The number of cyclic esters (lactones) is 1. The van der Waals surface area contributed by atoms with Crippen LogP contribution in [0.1, 0.15) is 38.3 Å². The number of esters is 2. The highest BCUT2D eigenvalue weighted by Gasteiger charge is 2.54. The molecule has 1 saturated heterocycles.